The number of fused-ring (bicyclic) bond motifs is 2. The Kier molecular flexibility index (Phi) is 5.48. The molecular weight excluding hydrogens is 468 g/mol. The van der Waals surface area contributed by atoms with Crippen LogP contribution in [0.1, 0.15) is 35.2 Å². The van der Waals surface area contributed by atoms with Crippen LogP contribution in [0.25, 0.3) is 16.7 Å². The van der Waals surface area contributed by atoms with Crippen LogP contribution in [0.5, 0.6) is 11.5 Å². The number of para-hydroxylation sites is 1. The molecule has 2 aliphatic heterocycles. The molecule has 2 atom stereocenters. The number of aliphatic hydroxyl groups excluding tert-OH is 1. The van der Waals surface area contributed by atoms with Crippen molar-refractivity contribution in [3.8, 4) is 11.5 Å². The van der Waals surface area contributed by atoms with Crippen LogP contribution in [-0.2, 0) is 22.4 Å². The SMILES string of the molecule is CC1Cc2cc(/C(O)=C3\C(=O)C(=O)N(CCc4c[nH]c5ccccc45)C3c3cccc(O)c3)ccc2O1. The summed E-state index contributed by atoms with van der Waals surface area (Å²) in [6, 6.07) is 18.8. The number of amides is 1. The number of likely N-dealkylation sites (tertiary alicyclic amines) is 1. The molecule has 1 amide bonds. The number of aromatic nitrogens is 1. The molecule has 4 aromatic rings. The summed E-state index contributed by atoms with van der Waals surface area (Å²) in [6.07, 6.45) is 3.17. The Morgan fingerprint density at radius 3 is 2.76 bits per heavy atom. The first kappa shape index (κ1) is 22.9. The van der Waals surface area contributed by atoms with E-state index in [0.717, 1.165) is 27.8 Å². The van der Waals surface area contributed by atoms with Crippen LogP contribution < -0.4 is 4.74 Å². The third-order valence-corrected chi connectivity index (χ3v) is 7.19. The van der Waals surface area contributed by atoms with Crippen LogP contribution in [-0.4, -0.2) is 44.4 Å². The molecule has 2 unspecified atom stereocenters. The fraction of sp³-hybridized carbons (Fsp3) is 0.200. The van der Waals surface area contributed by atoms with Gasteiger partial charge in [0, 0.05) is 35.6 Å². The normalized spacial score (nSPS) is 20.4. The highest BCUT2D eigenvalue weighted by atomic mass is 16.5. The standard InChI is InChI=1S/C30H26N2O5/c1-17-13-21-14-19(9-10-25(21)37-17)28(34)26-27(18-5-4-6-22(33)15-18)32(30(36)29(26)35)12-11-20-16-31-24-8-3-2-7-23(20)24/h2-10,14-17,27,31,33-34H,11-13H2,1H3/b28-26+. The number of phenolic OH excluding ortho intramolecular Hbond substituents is 1. The number of aromatic amines is 1. The number of ketones is 1. The number of benzene rings is 3. The Labute approximate surface area is 213 Å². The molecule has 37 heavy (non-hydrogen) atoms. The van der Waals surface area contributed by atoms with Gasteiger partial charge in [0.25, 0.3) is 11.7 Å². The molecule has 0 aliphatic carbocycles. The minimum absolute atomic E-state index is 0.0152. The fourth-order valence-corrected chi connectivity index (χ4v) is 5.46. The molecule has 3 aromatic carbocycles. The van der Waals surface area contributed by atoms with Crippen molar-refractivity contribution in [2.75, 3.05) is 6.54 Å². The van der Waals surface area contributed by atoms with Gasteiger partial charge in [0.15, 0.2) is 0 Å². The Morgan fingerprint density at radius 2 is 1.92 bits per heavy atom. The van der Waals surface area contributed by atoms with Crippen molar-refractivity contribution in [2.45, 2.75) is 31.9 Å². The second-order valence-electron chi connectivity index (χ2n) is 9.65. The lowest BCUT2D eigenvalue weighted by Crippen LogP contribution is -2.31. The molecule has 186 valence electrons. The van der Waals surface area contributed by atoms with Crippen LogP contribution in [0.4, 0.5) is 0 Å². The molecule has 1 fully saturated rings. The molecule has 7 nitrogen and oxygen atoms in total. The van der Waals surface area contributed by atoms with E-state index >= 15 is 0 Å². The Bertz CT molecular complexity index is 1580. The van der Waals surface area contributed by atoms with Crippen molar-refractivity contribution in [3.05, 3.63) is 101 Å². The smallest absolute Gasteiger partial charge is 0.295 e. The van der Waals surface area contributed by atoms with Crippen molar-refractivity contribution in [1.29, 1.82) is 0 Å². The highest BCUT2D eigenvalue weighted by Gasteiger charge is 2.46. The maximum absolute atomic E-state index is 13.4. The van der Waals surface area contributed by atoms with Crippen molar-refractivity contribution in [2.24, 2.45) is 0 Å². The van der Waals surface area contributed by atoms with Gasteiger partial charge in [0.2, 0.25) is 0 Å². The summed E-state index contributed by atoms with van der Waals surface area (Å²) >= 11 is 0. The maximum Gasteiger partial charge on any atom is 0.295 e. The topological polar surface area (TPSA) is 103 Å². The lowest BCUT2D eigenvalue weighted by atomic mass is 9.94. The molecule has 3 N–H and O–H groups in total. The second-order valence-corrected chi connectivity index (χ2v) is 9.65. The van der Waals surface area contributed by atoms with Gasteiger partial charge in [-0.3, -0.25) is 9.59 Å². The van der Waals surface area contributed by atoms with Gasteiger partial charge in [0.05, 0.1) is 11.6 Å². The minimum Gasteiger partial charge on any atom is -0.508 e. The summed E-state index contributed by atoms with van der Waals surface area (Å²) in [7, 11) is 0. The van der Waals surface area contributed by atoms with Crippen molar-refractivity contribution in [3.63, 3.8) is 0 Å². The zero-order valence-corrected chi connectivity index (χ0v) is 20.3. The molecule has 0 saturated carbocycles. The number of nitrogens with one attached hydrogen (secondary N) is 1. The monoisotopic (exact) mass is 494 g/mol. The number of rotatable bonds is 5. The van der Waals surface area contributed by atoms with Crippen molar-refractivity contribution in [1.82, 2.24) is 9.88 Å². The molecule has 1 aromatic heterocycles. The average molecular weight is 495 g/mol. The summed E-state index contributed by atoms with van der Waals surface area (Å²) in [5.41, 5.74) is 3.99. The number of carbonyl (C=O) groups excluding carboxylic acids is 2. The van der Waals surface area contributed by atoms with E-state index < -0.39 is 17.7 Å². The average Bonchev–Trinajstić information content (AvgIpc) is 3.55. The first-order chi connectivity index (χ1) is 17.9. The number of nitrogens with zero attached hydrogens (tertiary/aromatic N) is 1. The summed E-state index contributed by atoms with van der Waals surface area (Å²) in [5, 5.41) is 22.6. The zero-order chi connectivity index (χ0) is 25.7. The predicted octanol–water partition coefficient (Wildman–Crippen LogP) is 4.86. The zero-order valence-electron chi connectivity index (χ0n) is 20.3. The Hall–Kier alpha value is -4.52. The van der Waals surface area contributed by atoms with E-state index in [0.29, 0.717) is 24.0 Å². The molecule has 6 rings (SSSR count). The fourth-order valence-electron chi connectivity index (χ4n) is 5.46. The molecule has 1 saturated heterocycles. The summed E-state index contributed by atoms with van der Waals surface area (Å²) < 4.78 is 5.77. The van der Waals surface area contributed by atoms with Crippen LogP contribution in [0.2, 0.25) is 0 Å². The first-order valence-corrected chi connectivity index (χ1v) is 12.3. The Morgan fingerprint density at radius 1 is 1.08 bits per heavy atom. The third kappa shape index (κ3) is 3.93. The number of Topliss-reactive ketones (excluding diaryl/α,β-unsaturated/α-hetero) is 1. The molecule has 0 bridgehead atoms. The first-order valence-electron chi connectivity index (χ1n) is 12.3. The van der Waals surface area contributed by atoms with Crippen LogP contribution in [0.3, 0.4) is 0 Å². The highest BCUT2D eigenvalue weighted by Crippen LogP contribution is 2.41. The Balaban J connectivity index is 1.41. The van der Waals surface area contributed by atoms with E-state index in [1.807, 2.05) is 43.5 Å². The van der Waals surface area contributed by atoms with Gasteiger partial charge in [-0.25, -0.2) is 0 Å². The van der Waals surface area contributed by atoms with E-state index in [9.17, 15) is 19.8 Å². The lowest BCUT2D eigenvalue weighted by molar-refractivity contribution is -0.139. The maximum atomic E-state index is 13.4. The van der Waals surface area contributed by atoms with Gasteiger partial charge in [-0.15, -0.1) is 0 Å². The van der Waals surface area contributed by atoms with Crippen molar-refractivity contribution < 1.29 is 24.5 Å². The number of H-pyrrole nitrogens is 1. The quantitative estimate of drug-likeness (QED) is 0.209. The van der Waals surface area contributed by atoms with Gasteiger partial charge in [0.1, 0.15) is 23.4 Å². The number of hydrogen-bond donors (Lipinski definition) is 3. The van der Waals surface area contributed by atoms with Gasteiger partial charge < -0.3 is 24.8 Å². The van der Waals surface area contributed by atoms with Gasteiger partial charge in [-0.1, -0.05) is 30.3 Å². The molecule has 0 radical (unpaired) electrons. The third-order valence-electron chi connectivity index (χ3n) is 7.19. The van der Waals surface area contributed by atoms with E-state index in [-0.39, 0.29) is 29.7 Å². The lowest BCUT2D eigenvalue weighted by Gasteiger charge is -2.25. The van der Waals surface area contributed by atoms with Crippen LogP contribution in [0.15, 0.2) is 78.5 Å². The molecule has 2 aliphatic rings. The van der Waals surface area contributed by atoms with E-state index in [4.69, 9.17) is 4.74 Å². The number of ether oxygens (including phenoxy) is 1. The number of aromatic hydroxyl groups is 1. The number of carbonyl (C=O) groups is 2. The molecule has 3 heterocycles. The van der Waals surface area contributed by atoms with Gasteiger partial charge >= 0.3 is 0 Å². The van der Waals surface area contributed by atoms with Gasteiger partial charge in [-0.05, 0) is 66.4 Å². The predicted molar refractivity (Wildman–Crippen MR) is 139 cm³/mol. The van der Waals surface area contributed by atoms with Crippen molar-refractivity contribution >= 4 is 28.4 Å². The summed E-state index contributed by atoms with van der Waals surface area (Å²) in [6.45, 7) is 2.24. The molecule has 0 spiro atoms. The minimum atomic E-state index is -0.833. The summed E-state index contributed by atoms with van der Waals surface area (Å²) in [5.74, 6) is -0.873. The molecule has 7 heteroatoms. The largest absolute Gasteiger partial charge is 0.508 e. The number of aliphatic hydroxyl groups is 1. The molecular formula is C30H26N2O5. The second kappa shape index (κ2) is 8.85. The van der Waals surface area contributed by atoms with Gasteiger partial charge in [-0.2, -0.15) is 0 Å². The highest BCUT2D eigenvalue weighted by molar-refractivity contribution is 6.46. The number of hydrogen-bond acceptors (Lipinski definition) is 5. The van der Waals surface area contributed by atoms with E-state index in [2.05, 4.69) is 4.98 Å². The van der Waals surface area contributed by atoms with Crippen LogP contribution in [0, 0.1) is 0 Å². The number of phenols is 1. The van der Waals surface area contributed by atoms with Crippen LogP contribution >= 0.6 is 0 Å². The van der Waals surface area contributed by atoms with E-state index in [1.165, 1.54) is 17.0 Å². The summed E-state index contributed by atoms with van der Waals surface area (Å²) in [4.78, 5) is 31.4. The van der Waals surface area contributed by atoms with E-state index in [1.54, 1.807) is 24.3 Å².